The molecular weight excluding hydrogens is 278 g/mol. The fourth-order valence-electron chi connectivity index (χ4n) is 2.94. The van der Waals surface area contributed by atoms with Crippen molar-refractivity contribution < 1.29 is 8.42 Å². The zero-order valence-electron chi connectivity index (χ0n) is 11.1. The number of rotatable bonds is 2. The standard InChI is InChI=1S/C12H17N5O2S/c13-7-10-11(14)17(9-3-6-20(18,19)8-9)15-12(10)16-4-1-2-5-16/h9H,1-6,8,14H2. The molecule has 7 nitrogen and oxygen atoms in total. The molecule has 0 saturated carbocycles. The van der Waals surface area contributed by atoms with Crippen LogP contribution >= 0.6 is 0 Å². The Morgan fingerprint density at radius 3 is 2.60 bits per heavy atom. The summed E-state index contributed by atoms with van der Waals surface area (Å²) in [7, 11) is -3.00. The summed E-state index contributed by atoms with van der Waals surface area (Å²) in [6.45, 7) is 1.74. The summed E-state index contributed by atoms with van der Waals surface area (Å²) in [4.78, 5) is 2.05. The maximum Gasteiger partial charge on any atom is 0.170 e. The van der Waals surface area contributed by atoms with Gasteiger partial charge >= 0.3 is 0 Å². The predicted molar refractivity (Wildman–Crippen MR) is 75.1 cm³/mol. The van der Waals surface area contributed by atoms with Crippen LogP contribution in [0.15, 0.2) is 0 Å². The molecule has 0 bridgehead atoms. The Morgan fingerprint density at radius 2 is 2.05 bits per heavy atom. The molecule has 0 amide bonds. The van der Waals surface area contributed by atoms with Crippen molar-refractivity contribution in [2.45, 2.75) is 25.3 Å². The Labute approximate surface area is 117 Å². The van der Waals surface area contributed by atoms with Crippen molar-refractivity contribution in [2.75, 3.05) is 35.2 Å². The Balaban J connectivity index is 1.98. The maximum absolute atomic E-state index is 11.6. The molecule has 2 aliphatic heterocycles. The lowest BCUT2D eigenvalue weighted by molar-refractivity contribution is 0.506. The van der Waals surface area contributed by atoms with Crippen molar-refractivity contribution in [2.24, 2.45) is 0 Å². The maximum atomic E-state index is 11.6. The smallest absolute Gasteiger partial charge is 0.170 e. The fourth-order valence-corrected chi connectivity index (χ4v) is 4.63. The van der Waals surface area contributed by atoms with Gasteiger partial charge in [-0.2, -0.15) is 10.4 Å². The quantitative estimate of drug-likeness (QED) is 0.841. The van der Waals surface area contributed by atoms with Gasteiger partial charge in [0.05, 0.1) is 17.5 Å². The first-order chi connectivity index (χ1) is 9.52. The third-order valence-corrected chi connectivity index (χ3v) is 5.75. The molecule has 2 aliphatic rings. The van der Waals surface area contributed by atoms with Crippen LogP contribution in [0, 0.1) is 11.3 Å². The molecule has 0 spiro atoms. The summed E-state index contributed by atoms with van der Waals surface area (Å²) >= 11 is 0. The molecule has 0 radical (unpaired) electrons. The normalized spacial score (nSPS) is 24.9. The number of nitriles is 1. The van der Waals surface area contributed by atoms with E-state index in [2.05, 4.69) is 16.1 Å². The van der Waals surface area contributed by atoms with Crippen LogP contribution < -0.4 is 10.6 Å². The molecule has 0 aliphatic carbocycles. The Bertz CT molecular complexity index is 667. The van der Waals surface area contributed by atoms with Crippen LogP contribution in [0.4, 0.5) is 11.6 Å². The highest BCUT2D eigenvalue weighted by Gasteiger charge is 2.33. The molecule has 3 rings (SSSR count). The number of nitrogens with two attached hydrogens (primary N) is 1. The van der Waals surface area contributed by atoms with E-state index in [1.807, 2.05) is 0 Å². The highest BCUT2D eigenvalue weighted by molar-refractivity contribution is 7.91. The van der Waals surface area contributed by atoms with Gasteiger partial charge in [-0.25, -0.2) is 13.1 Å². The molecule has 0 aromatic carbocycles. The second-order valence-corrected chi connectivity index (χ2v) is 7.62. The molecule has 1 aromatic rings. The topological polar surface area (TPSA) is 105 Å². The Kier molecular flexibility index (Phi) is 3.09. The number of sulfone groups is 1. The molecule has 1 unspecified atom stereocenters. The average Bonchev–Trinajstić information content (AvgIpc) is 3.08. The number of aromatic nitrogens is 2. The molecule has 108 valence electrons. The Hall–Kier alpha value is -1.75. The molecule has 1 aromatic heterocycles. The SMILES string of the molecule is N#Cc1c(N2CCCC2)nn(C2CCS(=O)(=O)C2)c1N. The zero-order chi connectivity index (χ0) is 14.3. The number of nitrogen functional groups attached to an aromatic ring is 1. The van der Waals surface area contributed by atoms with Crippen molar-refractivity contribution in [1.82, 2.24) is 9.78 Å². The van der Waals surface area contributed by atoms with Crippen molar-refractivity contribution in [3.63, 3.8) is 0 Å². The van der Waals surface area contributed by atoms with E-state index < -0.39 is 9.84 Å². The summed E-state index contributed by atoms with van der Waals surface area (Å²) in [5, 5.41) is 13.7. The van der Waals surface area contributed by atoms with Gasteiger partial charge in [-0.15, -0.1) is 0 Å². The lowest BCUT2D eigenvalue weighted by Crippen LogP contribution is -2.20. The van der Waals surface area contributed by atoms with Crippen molar-refractivity contribution in [3.05, 3.63) is 5.56 Å². The van der Waals surface area contributed by atoms with E-state index in [1.165, 1.54) is 4.68 Å². The van der Waals surface area contributed by atoms with Gasteiger partial charge in [0.15, 0.2) is 15.7 Å². The third kappa shape index (κ3) is 2.12. The first-order valence-corrected chi connectivity index (χ1v) is 8.57. The number of anilines is 2. The van der Waals surface area contributed by atoms with Gasteiger partial charge in [-0.3, -0.25) is 0 Å². The van der Waals surface area contributed by atoms with Crippen LogP contribution in [0.1, 0.15) is 30.9 Å². The Morgan fingerprint density at radius 1 is 1.35 bits per heavy atom. The van der Waals surface area contributed by atoms with E-state index in [4.69, 9.17) is 5.73 Å². The van der Waals surface area contributed by atoms with Gasteiger partial charge in [0.25, 0.3) is 0 Å². The van der Waals surface area contributed by atoms with Gasteiger partial charge in [-0.1, -0.05) is 0 Å². The van der Waals surface area contributed by atoms with Crippen LogP contribution in [-0.2, 0) is 9.84 Å². The largest absolute Gasteiger partial charge is 0.383 e. The first kappa shape index (κ1) is 13.2. The van der Waals surface area contributed by atoms with E-state index in [0.29, 0.717) is 17.8 Å². The van der Waals surface area contributed by atoms with Gasteiger partial charge in [0.2, 0.25) is 0 Å². The molecular formula is C12H17N5O2S. The van der Waals surface area contributed by atoms with E-state index in [1.54, 1.807) is 0 Å². The van der Waals surface area contributed by atoms with Crippen LogP contribution in [-0.4, -0.2) is 42.8 Å². The van der Waals surface area contributed by atoms with Crippen LogP contribution in [0.2, 0.25) is 0 Å². The molecule has 2 saturated heterocycles. The van der Waals surface area contributed by atoms with E-state index >= 15 is 0 Å². The molecule has 2 N–H and O–H groups in total. The number of hydrogen-bond acceptors (Lipinski definition) is 6. The molecule has 8 heteroatoms. The van der Waals surface area contributed by atoms with Gasteiger partial charge in [0, 0.05) is 13.1 Å². The minimum Gasteiger partial charge on any atom is -0.383 e. The van der Waals surface area contributed by atoms with E-state index in [9.17, 15) is 13.7 Å². The summed E-state index contributed by atoms with van der Waals surface area (Å²) in [5.74, 6) is 1.12. The molecule has 20 heavy (non-hydrogen) atoms. The summed E-state index contributed by atoms with van der Waals surface area (Å²) in [5.41, 5.74) is 6.38. The molecule has 1 atom stereocenters. The summed E-state index contributed by atoms with van der Waals surface area (Å²) < 4.78 is 24.7. The van der Waals surface area contributed by atoms with Crippen LogP contribution in [0.25, 0.3) is 0 Å². The fraction of sp³-hybridized carbons (Fsp3) is 0.667. The van der Waals surface area contributed by atoms with Crippen molar-refractivity contribution >= 4 is 21.5 Å². The van der Waals surface area contributed by atoms with Crippen molar-refractivity contribution in [3.8, 4) is 6.07 Å². The lowest BCUT2D eigenvalue weighted by Gasteiger charge is -2.14. The second-order valence-electron chi connectivity index (χ2n) is 5.39. The monoisotopic (exact) mass is 295 g/mol. The minimum absolute atomic E-state index is 0.0587. The lowest BCUT2D eigenvalue weighted by atomic mass is 10.2. The minimum atomic E-state index is -3.00. The molecule has 3 heterocycles. The van der Waals surface area contributed by atoms with Crippen LogP contribution in [0.5, 0.6) is 0 Å². The first-order valence-electron chi connectivity index (χ1n) is 6.75. The summed E-state index contributed by atoms with van der Waals surface area (Å²) in [6.07, 6.45) is 2.67. The van der Waals surface area contributed by atoms with E-state index in [0.717, 1.165) is 25.9 Å². The zero-order valence-corrected chi connectivity index (χ0v) is 11.9. The molecule has 2 fully saturated rings. The number of nitrogens with zero attached hydrogens (tertiary/aromatic N) is 4. The number of hydrogen-bond donors (Lipinski definition) is 1. The van der Waals surface area contributed by atoms with Crippen LogP contribution in [0.3, 0.4) is 0 Å². The average molecular weight is 295 g/mol. The highest BCUT2D eigenvalue weighted by Crippen LogP contribution is 2.32. The second kappa shape index (κ2) is 4.66. The van der Waals surface area contributed by atoms with Gasteiger partial charge in [-0.05, 0) is 19.3 Å². The van der Waals surface area contributed by atoms with Gasteiger partial charge in [0.1, 0.15) is 17.5 Å². The summed E-state index contributed by atoms with van der Waals surface area (Å²) in [6, 6.07) is 1.86. The predicted octanol–water partition coefficient (Wildman–Crippen LogP) is 0.297. The third-order valence-electron chi connectivity index (χ3n) is 4.00. The highest BCUT2D eigenvalue weighted by atomic mass is 32.2. The van der Waals surface area contributed by atoms with Gasteiger partial charge < -0.3 is 10.6 Å². The van der Waals surface area contributed by atoms with Crippen molar-refractivity contribution in [1.29, 1.82) is 5.26 Å². The van der Waals surface area contributed by atoms with E-state index in [-0.39, 0.29) is 23.4 Å².